The molecule has 1 amide bonds. The number of nitrogens with one attached hydrogen (secondary N) is 1. The summed E-state index contributed by atoms with van der Waals surface area (Å²) in [5.41, 5.74) is 6.11. The third-order valence-electron chi connectivity index (χ3n) is 2.52. The monoisotopic (exact) mass is 224 g/mol. The number of carbonyl (C=O) groups is 1. The molecule has 16 heavy (non-hydrogen) atoms. The molecule has 0 aliphatic carbocycles. The number of aryl methyl sites for hydroxylation is 1. The standard InChI is InChI=1S/C11H10F2N2O/c1-5-6(4-9(14)16)10-7(12)2-3-8(13)11(10)15-5/h2-3,15H,4H2,1H3,(H2,14,16). The SMILES string of the molecule is Cc1[nH]c2c(F)ccc(F)c2c1CC(N)=O. The molecule has 3 N–H and O–H groups in total. The van der Waals surface area contributed by atoms with E-state index >= 15 is 0 Å². The fourth-order valence-electron chi connectivity index (χ4n) is 1.81. The summed E-state index contributed by atoms with van der Waals surface area (Å²) in [6, 6.07) is 2.08. The lowest BCUT2D eigenvalue weighted by Crippen LogP contribution is -2.14. The number of hydrogen-bond donors (Lipinski definition) is 2. The Hall–Kier alpha value is -1.91. The lowest BCUT2D eigenvalue weighted by Gasteiger charge is -1.99. The van der Waals surface area contributed by atoms with Gasteiger partial charge in [-0.15, -0.1) is 0 Å². The predicted octanol–water partition coefficient (Wildman–Crippen LogP) is 1.78. The molecule has 0 bridgehead atoms. The molecule has 2 rings (SSSR count). The molecule has 84 valence electrons. The Balaban J connectivity index is 2.77. The Morgan fingerprint density at radius 2 is 2.00 bits per heavy atom. The topological polar surface area (TPSA) is 58.9 Å². The molecular formula is C11H10F2N2O. The normalized spacial score (nSPS) is 10.9. The molecule has 0 fully saturated rings. The van der Waals surface area contributed by atoms with Crippen LogP contribution in [-0.2, 0) is 11.2 Å². The maximum atomic E-state index is 13.6. The van der Waals surface area contributed by atoms with Crippen LogP contribution in [0.5, 0.6) is 0 Å². The van der Waals surface area contributed by atoms with Gasteiger partial charge in [0.15, 0.2) is 0 Å². The van der Waals surface area contributed by atoms with E-state index in [0.717, 1.165) is 12.1 Å². The molecule has 1 aromatic heterocycles. The van der Waals surface area contributed by atoms with Crippen LogP contribution in [0.25, 0.3) is 10.9 Å². The van der Waals surface area contributed by atoms with Crippen molar-refractivity contribution >= 4 is 16.8 Å². The average molecular weight is 224 g/mol. The lowest BCUT2D eigenvalue weighted by atomic mass is 10.1. The van der Waals surface area contributed by atoms with Crippen LogP contribution in [0.2, 0.25) is 0 Å². The molecule has 0 saturated carbocycles. The molecular weight excluding hydrogens is 214 g/mol. The van der Waals surface area contributed by atoms with E-state index in [-0.39, 0.29) is 17.3 Å². The summed E-state index contributed by atoms with van der Waals surface area (Å²) >= 11 is 0. The minimum atomic E-state index is -0.576. The minimum Gasteiger partial charge on any atom is -0.369 e. The number of hydrogen-bond acceptors (Lipinski definition) is 1. The predicted molar refractivity (Wildman–Crippen MR) is 55.9 cm³/mol. The summed E-state index contributed by atoms with van der Waals surface area (Å²) in [7, 11) is 0. The number of aromatic nitrogens is 1. The summed E-state index contributed by atoms with van der Waals surface area (Å²) in [5, 5.41) is 0.108. The first-order valence-corrected chi connectivity index (χ1v) is 4.74. The average Bonchev–Trinajstić information content (AvgIpc) is 2.51. The third-order valence-corrected chi connectivity index (χ3v) is 2.52. The summed E-state index contributed by atoms with van der Waals surface area (Å²) < 4.78 is 26.9. The second-order valence-corrected chi connectivity index (χ2v) is 3.65. The van der Waals surface area contributed by atoms with Crippen molar-refractivity contribution in [2.24, 2.45) is 5.73 Å². The van der Waals surface area contributed by atoms with Gasteiger partial charge < -0.3 is 10.7 Å². The van der Waals surface area contributed by atoms with Crippen LogP contribution in [0, 0.1) is 18.6 Å². The fourth-order valence-corrected chi connectivity index (χ4v) is 1.81. The highest BCUT2D eigenvalue weighted by Crippen LogP contribution is 2.27. The largest absolute Gasteiger partial charge is 0.369 e. The van der Waals surface area contributed by atoms with Gasteiger partial charge in [0.25, 0.3) is 0 Å². The second-order valence-electron chi connectivity index (χ2n) is 3.65. The number of amides is 1. The third kappa shape index (κ3) is 1.54. The van der Waals surface area contributed by atoms with Crippen molar-refractivity contribution in [3.63, 3.8) is 0 Å². The number of aromatic amines is 1. The molecule has 0 radical (unpaired) electrons. The van der Waals surface area contributed by atoms with Crippen LogP contribution in [0.1, 0.15) is 11.3 Å². The van der Waals surface area contributed by atoms with Crippen molar-refractivity contribution in [3.05, 3.63) is 35.0 Å². The first-order valence-electron chi connectivity index (χ1n) is 4.74. The number of fused-ring (bicyclic) bond motifs is 1. The Morgan fingerprint density at radius 3 is 2.62 bits per heavy atom. The van der Waals surface area contributed by atoms with Gasteiger partial charge in [-0.1, -0.05) is 0 Å². The Morgan fingerprint density at radius 1 is 1.38 bits per heavy atom. The molecule has 0 unspecified atom stereocenters. The van der Waals surface area contributed by atoms with Crippen molar-refractivity contribution in [2.45, 2.75) is 13.3 Å². The van der Waals surface area contributed by atoms with E-state index in [1.54, 1.807) is 6.92 Å². The molecule has 1 aromatic carbocycles. The first-order chi connectivity index (χ1) is 7.50. The van der Waals surface area contributed by atoms with Gasteiger partial charge in [0.2, 0.25) is 5.91 Å². The zero-order valence-electron chi connectivity index (χ0n) is 8.60. The van der Waals surface area contributed by atoms with Crippen molar-refractivity contribution in [2.75, 3.05) is 0 Å². The summed E-state index contributed by atoms with van der Waals surface area (Å²) in [6.07, 6.45) is -0.105. The van der Waals surface area contributed by atoms with E-state index in [1.807, 2.05) is 0 Å². The highest BCUT2D eigenvalue weighted by Gasteiger charge is 2.16. The number of primary amides is 1. The van der Waals surface area contributed by atoms with Gasteiger partial charge in [-0.25, -0.2) is 8.78 Å². The van der Waals surface area contributed by atoms with Gasteiger partial charge in [0.05, 0.1) is 11.9 Å². The van der Waals surface area contributed by atoms with Gasteiger partial charge in [0, 0.05) is 11.1 Å². The van der Waals surface area contributed by atoms with E-state index in [9.17, 15) is 13.6 Å². The van der Waals surface area contributed by atoms with Crippen LogP contribution < -0.4 is 5.73 Å². The highest BCUT2D eigenvalue weighted by atomic mass is 19.1. The van der Waals surface area contributed by atoms with Crippen LogP contribution >= 0.6 is 0 Å². The molecule has 3 nitrogen and oxygen atoms in total. The van der Waals surface area contributed by atoms with Crippen LogP contribution in [0.15, 0.2) is 12.1 Å². The number of rotatable bonds is 2. The zero-order valence-corrected chi connectivity index (χ0v) is 8.60. The maximum Gasteiger partial charge on any atom is 0.221 e. The number of halogens is 2. The summed E-state index contributed by atoms with van der Waals surface area (Å²) in [5.74, 6) is -1.68. The lowest BCUT2D eigenvalue weighted by molar-refractivity contribution is -0.117. The number of nitrogens with two attached hydrogens (primary N) is 1. The van der Waals surface area contributed by atoms with Crippen LogP contribution in [0.3, 0.4) is 0 Å². The summed E-state index contributed by atoms with van der Waals surface area (Å²) in [4.78, 5) is 13.6. The smallest absolute Gasteiger partial charge is 0.221 e. The molecule has 1 heterocycles. The fraction of sp³-hybridized carbons (Fsp3) is 0.182. The van der Waals surface area contributed by atoms with Crippen molar-refractivity contribution < 1.29 is 13.6 Å². The molecule has 0 saturated heterocycles. The molecule has 0 spiro atoms. The van der Waals surface area contributed by atoms with Gasteiger partial charge in [-0.05, 0) is 24.6 Å². The summed E-state index contributed by atoms with van der Waals surface area (Å²) in [6.45, 7) is 1.65. The Bertz CT molecular complexity index is 575. The van der Waals surface area contributed by atoms with E-state index in [4.69, 9.17) is 5.73 Å². The number of H-pyrrole nitrogens is 1. The Labute approximate surface area is 90.2 Å². The van der Waals surface area contributed by atoms with Crippen LogP contribution in [-0.4, -0.2) is 10.9 Å². The van der Waals surface area contributed by atoms with E-state index in [2.05, 4.69) is 4.98 Å². The Kier molecular flexibility index (Phi) is 2.38. The molecule has 2 aromatic rings. The molecule has 0 aliphatic rings. The quantitative estimate of drug-likeness (QED) is 0.802. The number of benzene rings is 1. The maximum absolute atomic E-state index is 13.6. The minimum absolute atomic E-state index is 0.0775. The molecule has 5 heteroatoms. The van der Waals surface area contributed by atoms with Gasteiger partial charge in [-0.3, -0.25) is 4.79 Å². The van der Waals surface area contributed by atoms with Crippen molar-refractivity contribution in [1.82, 2.24) is 4.98 Å². The first kappa shape index (κ1) is 10.6. The number of carbonyl (C=O) groups excluding carboxylic acids is 1. The van der Waals surface area contributed by atoms with Gasteiger partial charge in [0.1, 0.15) is 11.6 Å². The van der Waals surface area contributed by atoms with Crippen LogP contribution in [0.4, 0.5) is 8.78 Å². The zero-order chi connectivity index (χ0) is 11.9. The molecule has 0 atom stereocenters. The van der Waals surface area contributed by atoms with Crippen molar-refractivity contribution in [3.8, 4) is 0 Å². The highest BCUT2D eigenvalue weighted by molar-refractivity contribution is 5.90. The van der Waals surface area contributed by atoms with E-state index in [1.165, 1.54) is 0 Å². The second kappa shape index (κ2) is 3.59. The van der Waals surface area contributed by atoms with Crippen molar-refractivity contribution in [1.29, 1.82) is 0 Å². The molecule has 0 aliphatic heterocycles. The van der Waals surface area contributed by atoms with E-state index < -0.39 is 17.5 Å². The van der Waals surface area contributed by atoms with Gasteiger partial charge >= 0.3 is 0 Å². The van der Waals surface area contributed by atoms with Gasteiger partial charge in [-0.2, -0.15) is 0 Å². The van der Waals surface area contributed by atoms with E-state index in [0.29, 0.717) is 11.3 Å².